The summed E-state index contributed by atoms with van der Waals surface area (Å²) >= 11 is 0. The van der Waals surface area contributed by atoms with Gasteiger partial charge in [-0.2, -0.15) is 13.2 Å². The summed E-state index contributed by atoms with van der Waals surface area (Å²) in [5, 5.41) is 5.09. The second kappa shape index (κ2) is 6.34. The molecule has 0 aliphatic carbocycles. The van der Waals surface area contributed by atoms with Crippen LogP contribution in [-0.4, -0.2) is 18.1 Å². The third kappa shape index (κ3) is 4.63. The smallest absolute Gasteiger partial charge is 0.331 e. The molecule has 21 heavy (non-hydrogen) atoms. The van der Waals surface area contributed by atoms with Crippen molar-refractivity contribution in [2.75, 3.05) is 11.9 Å². The Hall–Kier alpha value is -1.76. The second-order valence-electron chi connectivity index (χ2n) is 5.43. The van der Waals surface area contributed by atoms with Crippen LogP contribution in [0.15, 0.2) is 24.3 Å². The molecular weight excluding hydrogens is 283 g/mol. The van der Waals surface area contributed by atoms with Crippen molar-refractivity contribution in [3.05, 3.63) is 29.8 Å². The molecule has 1 atom stereocenters. The number of benzene rings is 1. The molecule has 1 aromatic carbocycles. The first-order valence-corrected chi connectivity index (χ1v) is 6.55. The zero-order chi connectivity index (χ0) is 16.3. The van der Waals surface area contributed by atoms with Crippen molar-refractivity contribution >= 4 is 11.7 Å². The molecule has 0 saturated carbocycles. The molecule has 4 nitrogen and oxygen atoms in total. The predicted octanol–water partition coefficient (Wildman–Crippen LogP) is 3.20. The van der Waals surface area contributed by atoms with Gasteiger partial charge in [-0.1, -0.05) is 19.9 Å². The Balaban J connectivity index is 2.80. The Morgan fingerprint density at radius 1 is 1.33 bits per heavy atom. The number of amides is 2. The molecule has 0 spiro atoms. The van der Waals surface area contributed by atoms with Gasteiger partial charge in [-0.3, -0.25) is 0 Å². The number of carbonyl (C=O) groups excluding carboxylic acids is 1. The third-order valence-corrected chi connectivity index (χ3v) is 3.55. The minimum Gasteiger partial charge on any atom is -0.331 e. The fraction of sp³-hybridized carbons (Fsp3) is 0.500. The fourth-order valence-corrected chi connectivity index (χ4v) is 1.63. The number of hydrogen-bond donors (Lipinski definition) is 3. The van der Waals surface area contributed by atoms with Crippen LogP contribution in [0.4, 0.5) is 23.7 Å². The van der Waals surface area contributed by atoms with Crippen LogP contribution in [0.3, 0.4) is 0 Å². The molecule has 0 aliphatic heterocycles. The Labute approximate surface area is 121 Å². The molecule has 4 N–H and O–H groups in total. The van der Waals surface area contributed by atoms with E-state index in [-0.39, 0.29) is 18.2 Å². The minimum absolute atomic E-state index is 0.0745. The van der Waals surface area contributed by atoms with E-state index in [0.717, 1.165) is 12.1 Å². The number of anilines is 1. The average molecular weight is 303 g/mol. The number of alkyl halides is 3. The molecule has 0 saturated heterocycles. The number of hydrogen-bond acceptors (Lipinski definition) is 2. The zero-order valence-electron chi connectivity index (χ0n) is 12.2. The monoisotopic (exact) mass is 303 g/mol. The first kappa shape index (κ1) is 17.3. The molecule has 118 valence electrons. The maximum atomic E-state index is 12.6. The quantitative estimate of drug-likeness (QED) is 0.799. The standard InChI is InChI=1S/C14H20F3N3O/c1-9(2)13(3,8-18)20-12(21)19-11-6-4-5-10(7-11)14(15,16)17/h4-7,9H,8,18H2,1-3H3,(H2,19,20,21). The minimum atomic E-state index is -4.45. The van der Waals surface area contributed by atoms with E-state index in [0.29, 0.717) is 0 Å². The van der Waals surface area contributed by atoms with E-state index in [1.54, 1.807) is 6.92 Å². The van der Waals surface area contributed by atoms with Crippen LogP contribution in [0.25, 0.3) is 0 Å². The van der Waals surface area contributed by atoms with Crippen LogP contribution in [0.1, 0.15) is 26.3 Å². The molecule has 0 heterocycles. The van der Waals surface area contributed by atoms with Crippen LogP contribution < -0.4 is 16.4 Å². The summed E-state index contributed by atoms with van der Waals surface area (Å²) in [6, 6.07) is 3.87. The molecule has 1 unspecified atom stereocenters. The van der Waals surface area contributed by atoms with Gasteiger partial charge in [0.1, 0.15) is 0 Å². The summed E-state index contributed by atoms with van der Waals surface area (Å²) < 4.78 is 37.8. The Kier molecular flexibility index (Phi) is 5.22. The van der Waals surface area contributed by atoms with Crippen molar-refractivity contribution in [3.63, 3.8) is 0 Å². The molecule has 7 heteroatoms. The van der Waals surface area contributed by atoms with Gasteiger partial charge in [0, 0.05) is 12.2 Å². The Morgan fingerprint density at radius 2 is 1.95 bits per heavy atom. The third-order valence-electron chi connectivity index (χ3n) is 3.55. The summed E-state index contributed by atoms with van der Waals surface area (Å²) in [7, 11) is 0. The topological polar surface area (TPSA) is 67.1 Å². The zero-order valence-corrected chi connectivity index (χ0v) is 12.2. The molecule has 0 radical (unpaired) electrons. The van der Waals surface area contributed by atoms with Crippen molar-refractivity contribution in [2.45, 2.75) is 32.5 Å². The Morgan fingerprint density at radius 3 is 2.43 bits per heavy atom. The molecule has 0 aromatic heterocycles. The molecule has 1 rings (SSSR count). The van der Waals surface area contributed by atoms with E-state index in [2.05, 4.69) is 10.6 Å². The lowest BCUT2D eigenvalue weighted by Crippen LogP contribution is -2.56. The lowest BCUT2D eigenvalue weighted by molar-refractivity contribution is -0.137. The van der Waals surface area contributed by atoms with Gasteiger partial charge < -0.3 is 16.4 Å². The second-order valence-corrected chi connectivity index (χ2v) is 5.43. The molecule has 2 amide bonds. The number of nitrogens with one attached hydrogen (secondary N) is 2. The van der Waals surface area contributed by atoms with Gasteiger partial charge in [0.25, 0.3) is 0 Å². The van der Waals surface area contributed by atoms with Crippen molar-refractivity contribution in [1.82, 2.24) is 5.32 Å². The van der Waals surface area contributed by atoms with E-state index in [9.17, 15) is 18.0 Å². The summed E-state index contributed by atoms with van der Waals surface area (Å²) in [4.78, 5) is 11.9. The summed E-state index contributed by atoms with van der Waals surface area (Å²) in [6.45, 7) is 5.80. The van der Waals surface area contributed by atoms with Crippen LogP contribution in [0.2, 0.25) is 0 Å². The lowest BCUT2D eigenvalue weighted by atomic mass is 9.89. The van der Waals surface area contributed by atoms with Crippen LogP contribution in [0.5, 0.6) is 0 Å². The van der Waals surface area contributed by atoms with Crippen molar-refractivity contribution in [2.24, 2.45) is 11.7 Å². The average Bonchev–Trinajstić information content (AvgIpc) is 2.37. The number of rotatable bonds is 4. The lowest BCUT2D eigenvalue weighted by Gasteiger charge is -2.33. The van der Waals surface area contributed by atoms with Gasteiger partial charge in [-0.15, -0.1) is 0 Å². The first-order chi connectivity index (χ1) is 9.58. The highest BCUT2D eigenvalue weighted by atomic mass is 19.4. The van der Waals surface area contributed by atoms with E-state index in [4.69, 9.17) is 5.73 Å². The predicted molar refractivity (Wildman–Crippen MR) is 75.9 cm³/mol. The highest BCUT2D eigenvalue weighted by Crippen LogP contribution is 2.30. The molecular formula is C14H20F3N3O. The number of carbonyl (C=O) groups is 1. The van der Waals surface area contributed by atoms with Gasteiger partial charge in [0.15, 0.2) is 0 Å². The molecule has 0 aliphatic rings. The molecule has 1 aromatic rings. The van der Waals surface area contributed by atoms with Crippen molar-refractivity contribution in [1.29, 1.82) is 0 Å². The Bertz CT molecular complexity index is 502. The van der Waals surface area contributed by atoms with Crippen LogP contribution >= 0.6 is 0 Å². The highest BCUT2D eigenvalue weighted by molar-refractivity contribution is 5.89. The maximum absolute atomic E-state index is 12.6. The summed E-state index contributed by atoms with van der Waals surface area (Å²) in [6.07, 6.45) is -4.45. The van der Waals surface area contributed by atoms with Gasteiger partial charge in [0.2, 0.25) is 0 Å². The number of nitrogens with two attached hydrogens (primary N) is 1. The summed E-state index contributed by atoms with van der Waals surface area (Å²) in [5.41, 5.74) is 4.27. The van der Waals surface area contributed by atoms with Crippen LogP contribution in [-0.2, 0) is 6.18 Å². The number of halogens is 3. The van der Waals surface area contributed by atoms with E-state index in [1.165, 1.54) is 12.1 Å². The van der Waals surface area contributed by atoms with Gasteiger partial charge in [0.05, 0.1) is 11.1 Å². The number of urea groups is 1. The van der Waals surface area contributed by atoms with Gasteiger partial charge in [-0.05, 0) is 31.0 Å². The largest absolute Gasteiger partial charge is 0.416 e. The SMILES string of the molecule is CC(C)C(C)(CN)NC(=O)Nc1cccc(C(F)(F)F)c1. The molecule has 0 bridgehead atoms. The fourth-order valence-electron chi connectivity index (χ4n) is 1.63. The van der Waals surface area contributed by atoms with E-state index >= 15 is 0 Å². The van der Waals surface area contributed by atoms with Gasteiger partial charge in [-0.25, -0.2) is 4.79 Å². The van der Waals surface area contributed by atoms with Crippen LogP contribution in [0, 0.1) is 5.92 Å². The first-order valence-electron chi connectivity index (χ1n) is 6.55. The normalized spacial score (nSPS) is 14.7. The van der Waals surface area contributed by atoms with E-state index in [1.807, 2.05) is 13.8 Å². The van der Waals surface area contributed by atoms with Crippen molar-refractivity contribution < 1.29 is 18.0 Å². The summed E-state index contributed by atoms with van der Waals surface area (Å²) in [5.74, 6) is 0.0785. The van der Waals surface area contributed by atoms with Crippen molar-refractivity contribution in [3.8, 4) is 0 Å². The maximum Gasteiger partial charge on any atom is 0.416 e. The highest BCUT2D eigenvalue weighted by Gasteiger charge is 2.31. The van der Waals surface area contributed by atoms with E-state index < -0.39 is 23.3 Å². The van der Waals surface area contributed by atoms with Gasteiger partial charge >= 0.3 is 12.2 Å². The molecule has 0 fully saturated rings.